The molecule has 0 unspecified atom stereocenters. The van der Waals surface area contributed by atoms with Crippen molar-refractivity contribution in [1.29, 1.82) is 0 Å². The van der Waals surface area contributed by atoms with Gasteiger partial charge < -0.3 is 10.5 Å². The first-order valence-electron chi connectivity index (χ1n) is 6.12. The molecule has 0 saturated carbocycles. The lowest BCUT2D eigenvalue weighted by Gasteiger charge is -2.19. The normalized spacial score (nSPS) is 11.8. The Labute approximate surface area is 109 Å². The summed E-state index contributed by atoms with van der Waals surface area (Å²) in [7, 11) is 0. The highest BCUT2D eigenvalue weighted by Crippen LogP contribution is 2.13. The first-order valence-corrected chi connectivity index (χ1v) is 6.12. The van der Waals surface area contributed by atoms with E-state index in [0.717, 1.165) is 12.0 Å². The lowest BCUT2D eigenvalue weighted by Crippen LogP contribution is -2.23. The summed E-state index contributed by atoms with van der Waals surface area (Å²) in [6.45, 7) is 6.21. The van der Waals surface area contributed by atoms with Crippen LogP contribution in [-0.4, -0.2) is 18.1 Å². The molecule has 0 fully saturated rings. The van der Waals surface area contributed by atoms with E-state index in [0.29, 0.717) is 12.1 Å². The fraction of sp³-hybridized carbons (Fsp3) is 0.400. The summed E-state index contributed by atoms with van der Waals surface area (Å²) in [6.07, 6.45) is 4.86. The van der Waals surface area contributed by atoms with Crippen molar-refractivity contribution < 1.29 is 9.53 Å². The van der Waals surface area contributed by atoms with Crippen molar-refractivity contribution in [3.05, 3.63) is 41.5 Å². The van der Waals surface area contributed by atoms with Crippen molar-refractivity contribution in [3.63, 3.8) is 0 Å². The minimum absolute atomic E-state index is 0.292. The third kappa shape index (κ3) is 5.15. The molecule has 1 aromatic carbocycles. The smallest absolute Gasteiger partial charge is 0.338 e. The van der Waals surface area contributed by atoms with Gasteiger partial charge in [0, 0.05) is 0 Å². The Hall–Kier alpha value is -1.61. The van der Waals surface area contributed by atoms with E-state index in [1.54, 1.807) is 12.1 Å². The maximum atomic E-state index is 11.8. The van der Waals surface area contributed by atoms with Gasteiger partial charge in [-0.1, -0.05) is 24.3 Å². The van der Waals surface area contributed by atoms with Gasteiger partial charge in [-0.25, -0.2) is 4.79 Å². The van der Waals surface area contributed by atoms with Crippen molar-refractivity contribution in [2.75, 3.05) is 6.54 Å². The molecule has 0 atom stereocenters. The number of hydrogen-bond acceptors (Lipinski definition) is 3. The summed E-state index contributed by atoms with van der Waals surface area (Å²) in [5, 5.41) is 0. The number of esters is 1. The van der Waals surface area contributed by atoms with Crippen molar-refractivity contribution in [2.24, 2.45) is 5.73 Å². The van der Waals surface area contributed by atoms with Crippen LogP contribution in [0.15, 0.2) is 30.3 Å². The minimum Gasteiger partial charge on any atom is -0.456 e. The molecule has 0 bridgehead atoms. The Morgan fingerprint density at radius 1 is 1.28 bits per heavy atom. The van der Waals surface area contributed by atoms with Gasteiger partial charge in [-0.3, -0.25) is 0 Å². The second-order valence-electron chi connectivity index (χ2n) is 5.10. The molecule has 0 saturated heterocycles. The fourth-order valence-electron chi connectivity index (χ4n) is 1.38. The van der Waals surface area contributed by atoms with E-state index in [-0.39, 0.29) is 5.97 Å². The second-order valence-corrected chi connectivity index (χ2v) is 5.10. The van der Waals surface area contributed by atoms with Gasteiger partial charge in [0.2, 0.25) is 0 Å². The molecule has 0 amide bonds. The second kappa shape index (κ2) is 6.36. The first kappa shape index (κ1) is 14.5. The van der Waals surface area contributed by atoms with E-state index in [1.165, 1.54) is 0 Å². The maximum Gasteiger partial charge on any atom is 0.338 e. The Kier molecular flexibility index (Phi) is 5.10. The number of rotatable bonds is 4. The van der Waals surface area contributed by atoms with Crippen molar-refractivity contribution in [1.82, 2.24) is 0 Å². The van der Waals surface area contributed by atoms with Crippen LogP contribution in [0.3, 0.4) is 0 Å². The third-order valence-electron chi connectivity index (χ3n) is 2.19. The largest absolute Gasteiger partial charge is 0.456 e. The SMILES string of the molecule is CC(C)(C)OC(=O)c1ccc(C=CCCN)cc1. The highest BCUT2D eigenvalue weighted by atomic mass is 16.6. The van der Waals surface area contributed by atoms with Gasteiger partial charge >= 0.3 is 5.97 Å². The van der Waals surface area contributed by atoms with Crippen LogP contribution in [0.5, 0.6) is 0 Å². The average Bonchev–Trinajstić information content (AvgIpc) is 2.28. The van der Waals surface area contributed by atoms with Gasteiger partial charge in [0.25, 0.3) is 0 Å². The number of carbonyl (C=O) groups is 1. The molecule has 3 heteroatoms. The maximum absolute atomic E-state index is 11.8. The van der Waals surface area contributed by atoms with Gasteiger partial charge in [-0.15, -0.1) is 0 Å². The Balaban J connectivity index is 2.68. The monoisotopic (exact) mass is 247 g/mol. The molecule has 3 nitrogen and oxygen atoms in total. The van der Waals surface area contributed by atoms with Crippen molar-refractivity contribution in [2.45, 2.75) is 32.8 Å². The van der Waals surface area contributed by atoms with E-state index in [9.17, 15) is 4.79 Å². The molecule has 0 aliphatic carbocycles. The molecule has 0 aliphatic rings. The van der Waals surface area contributed by atoms with E-state index < -0.39 is 5.60 Å². The van der Waals surface area contributed by atoms with E-state index in [1.807, 2.05) is 45.1 Å². The fourth-order valence-corrected chi connectivity index (χ4v) is 1.38. The minimum atomic E-state index is -0.462. The molecule has 2 N–H and O–H groups in total. The van der Waals surface area contributed by atoms with Gasteiger partial charge in [0.1, 0.15) is 5.60 Å². The Morgan fingerprint density at radius 2 is 1.89 bits per heavy atom. The third-order valence-corrected chi connectivity index (χ3v) is 2.19. The summed E-state index contributed by atoms with van der Waals surface area (Å²) >= 11 is 0. The highest BCUT2D eigenvalue weighted by molar-refractivity contribution is 5.89. The van der Waals surface area contributed by atoms with Crippen LogP contribution in [0, 0.1) is 0 Å². The van der Waals surface area contributed by atoms with Crippen LogP contribution in [-0.2, 0) is 4.74 Å². The summed E-state index contributed by atoms with van der Waals surface area (Å²) in [6, 6.07) is 7.34. The quantitative estimate of drug-likeness (QED) is 0.832. The first-order chi connectivity index (χ1) is 8.42. The molecule has 18 heavy (non-hydrogen) atoms. The summed E-state index contributed by atoms with van der Waals surface area (Å²) in [4.78, 5) is 11.8. The zero-order chi connectivity index (χ0) is 13.6. The number of carbonyl (C=O) groups excluding carboxylic acids is 1. The molecule has 0 spiro atoms. The van der Waals surface area contributed by atoms with Crippen LogP contribution >= 0.6 is 0 Å². The van der Waals surface area contributed by atoms with E-state index >= 15 is 0 Å². The lowest BCUT2D eigenvalue weighted by atomic mass is 10.1. The molecule has 1 rings (SSSR count). The van der Waals surface area contributed by atoms with Crippen LogP contribution in [0.25, 0.3) is 6.08 Å². The van der Waals surface area contributed by atoms with Crippen LogP contribution < -0.4 is 5.73 Å². The molecule has 0 aliphatic heterocycles. The molecular formula is C15H21NO2. The Morgan fingerprint density at radius 3 is 2.39 bits per heavy atom. The molecule has 1 aromatic rings. The number of ether oxygens (including phenoxy) is 1. The number of hydrogen-bond donors (Lipinski definition) is 1. The van der Waals surface area contributed by atoms with Gasteiger partial charge in [0.15, 0.2) is 0 Å². The van der Waals surface area contributed by atoms with Gasteiger partial charge in [-0.05, 0) is 51.4 Å². The zero-order valence-electron chi connectivity index (χ0n) is 11.3. The van der Waals surface area contributed by atoms with E-state index in [4.69, 9.17) is 10.5 Å². The lowest BCUT2D eigenvalue weighted by molar-refractivity contribution is 0.00696. The summed E-state index contributed by atoms with van der Waals surface area (Å²) in [5.41, 5.74) is 6.56. The van der Waals surface area contributed by atoms with Crippen LogP contribution in [0.4, 0.5) is 0 Å². The highest BCUT2D eigenvalue weighted by Gasteiger charge is 2.17. The van der Waals surface area contributed by atoms with E-state index in [2.05, 4.69) is 0 Å². The average molecular weight is 247 g/mol. The summed E-state index contributed by atoms with van der Waals surface area (Å²) in [5.74, 6) is -0.292. The predicted octanol–water partition coefficient (Wildman–Crippen LogP) is 3.00. The van der Waals surface area contributed by atoms with Crippen LogP contribution in [0.2, 0.25) is 0 Å². The predicted molar refractivity (Wildman–Crippen MR) is 74.3 cm³/mol. The number of benzene rings is 1. The van der Waals surface area contributed by atoms with Crippen LogP contribution in [0.1, 0.15) is 43.1 Å². The molecule has 0 radical (unpaired) electrons. The topological polar surface area (TPSA) is 52.3 Å². The molecule has 0 heterocycles. The van der Waals surface area contributed by atoms with Gasteiger partial charge in [-0.2, -0.15) is 0 Å². The molecule has 0 aromatic heterocycles. The molecule has 98 valence electrons. The van der Waals surface area contributed by atoms with Crippen molar-refractivity contribution in [3.8, 4) is 0 Å². The standard InChI is InChI=1S/C15H21NO2/c1-15(2,3)18-14(17)13-9-7-12(8-10-13)6-4-5-11-16/h4,6-10H,5,11,16H2,1-3H3. The van der Waals surface area contributed by atoms with Crippen molar-refractivity contribution >= 4 is 12.0 Å². The Bertz CT molecular complexity index is 413. The number of nitrogens with two attached hydrogens (primary N) is 1. The van der Waals surface area contributed by atoms with Gasteiger partial charge in [0.05, 0.1) is 5.56 Å². The zero-order valence-corrected chi connectivity index (χ0v) is 11.3. The molecular weight excluding hydrogens is 226 g/mol. The summed E-state index contributed by atoms with van der Waals surface area (Å²) < 4.78 is 5.29.